The number of rotatable bonds is 5. The number of sulfonamides is 1. The third kappa shape index (κ3) is 3.20. The largest absolute Gasteiger partial charge is 0.345 e. The quantitative estimate of drug-likeness (QED) is 0.821. The van der Waals surface area contributed by atoms with Crippen molar-refractivity contribution in [3.8, 4) is 0 Å². The fourth-order valence-corrected chi connectivity index (χ4v) is 4.77. The Balaban J connectivity index is 1.70. The molecule has 3 rings (SSSR count). The van der Waals surface area contributed by atoms with E-state index in [4.69, 9.17) is 0 Å². The number of hydrogen-bond acceptors (Lipinski definition) is 4. The van der Waals surface area contributed by atoms with Crippen molar-refractivity contribution in [3.05, 3.63) is 35.9 Å². The Bertz CT molecular complexity index is 707. The molecule has 0 bridgehead atoms. The molecule has 2 heterocycles. The summed E-state index contributed by atoms with van der Waals surface area (Å²) >= 11 is 0. The molecule has 24 heavy (non-hydrogen) atoms. The fourth-order valence-electron chi connectivity index (χ4n) is 3.85. The Labute approximate surface area is 143 Å². The number of amides is 1. The van der Waals surface area contributed by atoms with Crippen LogP contribution in [0.25, 0.3) is 0 Å². The maximum Gasteiger partial charge on any atom is 0.231 e. The molecule has 6 nitrogen and oxygen atoms in total. The zero-order valence-corrected chi connectivity index (χ0v) is 15.1. The van der Waals surface area contributed by atoms with Gasteiger partial charge in [-0.3, -0.25) is 4.79 Å². The Morgan fingerprint density at radius 1 is 1.38 bits per heavy atom. The van der Waals surface area contributed by atoms with Crippen LogP contribution in [0.1, 0.15) is 5.56 Å². The first-order valence-electron chi connectivity index (χ1n) is 8.28. The van der Waals surface area contributed by atoms with Gasteiger partial charge in [0.2, 0.25) is 15.9 Å². The van der Waals surface area contributed by atoms with Gasteiger partial charge in [-0.1, -0.05) is 30.3 Å². The summed E-state index contributed by atoms with van der Waals surface area (Å²) in [6.45, 7) is 2.61. The summed E-state index contributed by atoms with van der Waals surface area (Å²) in [5, 5.41) is 3.28. The number of likely N-dealkylation sites (N-methyl/N-ethyl adjacent to an activating group) is 1. The molecule has 132 valence electrons. The van der Waals surface area contributed by atoms with E-state index in [2.05, 4.69) is 17.4 Å². The minimum atomic E-state index is -3.26. The average molecular weight is 351 g/mol. The van der Waals surface area contributed by atoms with Gasteiger partial charge in [-0.2, -0.15) is 0 Å². The van der Waals surface area contributed by atoms with Crippen LogP contribution < -0.4 is 5.32 Å². The van der Waals surface area contributed by atoms with Crippen molar-refractivity contribution in [2.45, 2.75) is 6.42 Å². The van der Waals surface area contributed by atoms with Crippen molar-refractivity contribution < 1.29 is 13.2 Å². The van der Waals surface area contributed by atoms with Crippen LogP contribution in [0.15, 0.2) is 30.3 Å². The molecule has 0 aliphatic carbocycles. The first kappa shape index (κ1) is 17.4. The van der Waals surface area contributed by atoms with Gasteiger partial charge in [0.05, 0.1) is 11.7 Å². The number of fused-ring (bicyclic) bond motifs is 1. The maximum absolute atomic E-state index is 13.1. The molecule has 2 atom stereocenters. The van der Waals surface area contributed by atoms with Crippen LogP contribution in [-0.2, 0) is 21.2 Å². The van der Waals surface area contributed by atoms with Crippen molar-refractivity contribution in [2.24, 2.45) is 11.3 Å². The van der Waals surface area contributed by atoms with Gasteiger partial charge in [-0.15, -0.1) is 0 Å². The molecule has 1 aromatic rings. The zero-order valence-electron chi connectivity index (χ0n) is 14.2. The minimum absolute atomic E-state index is 0.0545. The predicted octanol–water partition coefficient (Wildman–Crippen LogP) is 0.169. The summed E-state index contributed by atoms with van der Waals surface area (Å²) in [6, 6.07) is 10.1. The molecule has 0 spiro atoms. The van der Waals surface area contributed by atoms with Crippen molar-refractivity contribution in [2.75, 3.05) is 46.0 Å². The second kappa shape index (κ2) is 6.46. The summed E-state index contributed by atoms with van der Waals surface area (Å²) in [5.41, 5.74) is 0.578. The molecule has 1 N–H and O–H groups in total. The van der Waals surface area contributed by atoms with Crippen LogP contribution in [0.3, 0.4) is 0 Å². The molecular formula is C17H25N3O3S. The summed E-state index contributed by atoms with van der Waals surface area (Å²) in [7, 11) is -1.44. The Morgan fingerprint density at radius 2 is 2.08 bits per heavy atom. The number of carbonyl (C=O) groups is 1. The van der Waals surface area contributed by atoms with Crippen molar-refractivity contribution in [1.29, 1.82) is 0 Å². The second-order valence-corrected chi connectivity index (χ2v) is 8.98. The van der Waals surface area contributed by atoms with Gasteiger partial charge in [-0.25, -0.2) is 12.7 Å². The summed E-state index contributed by atoms with van der Waals surface area (Å²) in [4.78, 5) is 14.9. The van der Waals surface area contributed by atoms with E-state index in [-0.39, 0.29) is 18.4 Å². The van der Waals surface area contributed by atoms with E-state index in [1.807, 2.05) is 25.2 Å². The van der Waals surface area contributed by atoms with Crippen molar-refractivity contribution in [1.82, 2.24) is 14.5 Å². The highest BCUT2D eigenvalue weighted by atomic mass is 32.2. The molecule has 2 fully saturated rings. The zero-order chi connectivity index (χ0) is 17.4. The lowest BCUT2D eigenvalue weighted by Crippen LogP contribution is -2.48. The van der Waals surface area contributed by atoms with Crippen LogP contribution in [0, 0.1) is 11.3 Å². The van der Waals surface area contributed by atoms with Crippen LogP contribution in [-0.4, -0.2) is 69.6 Å². The summed E-state index contributed by atoms with van der Waals surface area (Å²) in [6.07, 6.45) is 2.02. The number of hydrogen-bond donors (Lipinski definition) is 1. The van der Waals surface area contributed by atoms with Gasteiger partial charge in [-0.05, 0) is 12.0 Å². The second-order valence-electron chi connectivity index (χ2n) is 7.00. The molecule has 0 unspecified atom stereocenters. The van der Waals surface area contributed by atoms with E-state index in [0.717, 1.165) is 6.42 Å². The van der Waals surface area contributed by atoms with E-state index in [0.29, 0.717) is 26.2 Å². The van der Waals surface area contributed by atoms with E-state index in [9.17, 15) is 13.2 Å². The summed E-state index contributed by atoms with van der Waals surface area (Å²) < 4.78 is 25.2. The highest BCUT2D eigenvalue weighted by Gasteiger charge is 2.57. The van der Waals surface area contributed by atoms with Crippen LogP contribution in [0.2, 0.25) is 0 Å². The Kier molecular flexibility index (Phi) is 4.68. The predicted molar refractivity (Wildman–Crippen MR) is 93.0 cm³/mol. The van der Waals surface area contributed by atoms with Gasteiger partial charge >= 0.3 is 0 Å². The number of carbonyl (C=O) groups excluding carboxylic acids is 1. The SMILES string of the molecule is CN(CCc1ccccc1)C(=O)[C@]12CNC[C@H]1CN(S(C)(=O)=O)C2. The fraction of sp³-hybridized carbons (Fsp3) is 0.588. The number of benzene rings is 1. The average Bonchev–Trinajstić information content (AvgIpc) is 3.10. The molecule has 7 heteroatoms. The Morgan fingerprint density at radius 3 is 2.75 bits per heavy atom. The van der Waals surface area contributed by atoms with E-state index in [1.54, 1.807) is 4.90 Å². The topological polar surface area (TPSA) is 69.7 Å². The summed E-state index contributed by atoms with van der Waals surface area (Å²) in [5.74, 6) is 0.110. The lowest BCUT2D eigenvalue weighted by molar-refractivity contribution is -0.140. The highest BCUT2D eigenvalue weighted by molar-refractivity contribution is 7.88. The normalized spacial score (nSPS) is 27.2. The van der Waals surface area contributed by atoms with E-state index in [1.165, 1.54) is 16.1 Å². The lowest BCUT2D eigenvalue weighted by atomic mass is 9.79. The number of nitrogens with zero attached hydrogens (tertiary/aromatic N) is 2. The first-order chi connectivity index (χ1) is 11.3. The number of nitrogens with one attached hydrogen (secondary N) is 1. The lowest BCUT2D eigenvalue weighted by Gasteiger charge is -2.31. The van der Waals surface area contributed by atoms with Gasteiger partial charge < -0.3 is 10.2 Å². The molecule has 2 aliphatic heterocycles. The van der Waals surface area contributed by atoms with Crippen molar-refractivity contribution >= 4 is 15.9 Å². The smallest absolute Gasteiger partial charge is 0.231 e. The van der Waals surface area contributed by atoms with Crippen molar-refractivity contribution in [3.63, 3.8) is 0 Å². The van der Waals surface area contributed by atoms with E-state index >= 15 is 0 Å². The first-order valence-corrected chi connectivity index (χ1v) is 10.1. The molecular weight excluding hydrogens is 326 g/mol. The third-order valence-corrected chi connectivity index (χ3v) is 6.53. The van der Waals surface area contributed by atoms with Gasteiger partial charge in [0.1, 0.15) is 0 Å². The maximum atomic E-state index is 13.1. The molecule has 2 saturated heterocycles. The minimum Gasteiger partial charge on any atom is -0.345 e. The Hall–Kier alpha value is -1.44. The van der Waals surface area contributed by atoms with Crippen LogP contribution in [0.5, 0.6) is 0 Å². The third-order valence-electron chi connectivity index (χ3n) is 5.32. The van der Waals surface area contributed by atoms with Gasteiger partial charge in [0, 0.05) is 45.7 Å². The van der Waals surface area contributed by atoms with Crippen LogP contribution in [0.4, 0.5) is 0 Å². The molecule has 1 amide bonds. The van der Waals surface area contributed by atoms with Gasteiger partial charge in [0.25, 0.3) is 0 Å². The van der Waals surface area contributed by atoms with Crippen LogP contribution >= 0.6 is 0 Å². The van der Waals surface area contributed by atoms with Gasteiger partial charge in [0.15, 0.2) is 0 Å². The molecule has 1 aromatic carbocycles. The standard InChI is InChI=1S/C17H25N3O3S/c1-19(9-8-14-6-4-3-5-7-14)16(21)17-12-18-10-15(17)11-20(13-17)24(2,22)23/h3-7,15,18H,8-13H2,1-2H3/t15-,17-/m0/s1. The molecule has 0 saturated carbocycles. The molecule has 2 aliphatic rings. The molecule has 0 radical (unpaired) electrons. The van der Waals surface area contributed by atoms with E-state index < -0.39 is 15.4 Å². The molecule has 0 aromatic heterocycles. The highest BCUT2D eigenvalue weighted by Crippen LogP contribution is 2.41. The monoisotopic (exact) mass is 351 g/mol.